The summed E-state index contributed by atoms with van der Waals surface area (Å²) in [5.41, 5.74) is -0.447. The van der Waals surface area contributed by atoms with E-state index in [1.165, 1.54) is 37.0 Å². The summed E-state index contributed by atoms with van der Waals surface area (Å²) in [6, 6.07) is 6.87. The summed E-state index contributed by atoms with van der Waals surface area (Å²) in [5, 5.41) is 15.6. The van der Waals surface area contributed by atoms with Gasteiger partial charge in [-0.1, -0.05) is 43.6 Å². The van der Waals surface area contributed by atoms with Crippen molar-refractivity contribution in [2.75, 3.05) is 0 Å². The molecule has 0 spiro atoms. The molecule has 1 aromatic heterocycles. The highest BCUT2D eigenvalue weighted by Gasteiger charge is 2.40. The molecule has 21 heavy (non-hydrogen) atoms. The molecule has 1 heterocycles. The molecule has 1 fully saturated rings. The second-order valence-electron chi connectivity index (χ2n) is 6.30. The van der Waals surface area contributed by atoms with Gasteiger partial charge in [0.05, 0.1) is 6.07 Å². The minimum absolute atomic E-state index is 0.0777. The van der Waals surface area contributed by atoms with Crippen LogP contribution < -0.4 is 5.32 Å². The number of hydrogen-bond acceptors (Lipinski definition) is 3. The molecule has 0 radical (unpaired) electrons. The second-order valence-corrected chi connectivity index (χ2v) is 7.33. The molecule has 0 saturated heterocycles. The summed E-state index contributed by atoms with van der Waals surface area (Å²) in [6.45, 7) is 0. The molecule has 1 N–H and O–H groups in total. The van der Waals surface area contributed by atoms with E-state index in [1.54, 1.807) is 0 Å². The van der Waals surface area contributed by atoms with Crippen molar-refractivity contribution in [2.45, 2.75) is 56.0 Å². The largest absolute Gasteiger partial charge is 0.290 e. The van der Waals surface area contributed by atoms with Crippen molar-refractivity contribution in [3.63, 3.8) is 0 Å². The van der Waals surface area contributed by atoms with Gasteiger partial charge >= 0.3 is 0 Å². The molecule has 3 heteroatoms. The van der Waals surface area contributed by atoms with Gasteiger partial charge in [-0.05, 0) is 30.4 Å². The standard InChI is InChI=1S/C18H22N2S/c19-15-18(11-5-2-6-12-18)20-17(9-3-1-4-10-17)14-16-8-7-13-21-16/h2,5-8,11,13,20H,1,3-4,9-10,12,14H2. The van der Waals surface area contributed by atoms with E-state index in [1.807, 2.05) is 29.6 Å². The molecule has 1 saturated carbocycles. The topological polar surface area (TPSA) is 35.8 Å². The van der Waals surface area contributed by atoms with Crippen LogP contribution >= 0.6 is 11.3 Å². The van der Waals surface area contributed by atoms with Crippen LogP contribution in [0.1, 0.15) is 43.4 Å². The molecule has 0 aliphatic heterocycles. The summed E-state index contributed by atoms with van der Waals surface area (Å²) in [7, 11) is 0. The molecule has 2 aliphatic carbocycles. The lowest BCUT2D eigenvalue weighted by molar-refractivity contribution is 0.197. The molecule has 2 aliphatic rings. The average molecular weight is 298 g/mol. The Morgan fingerprint density at radius 2 is 2.10 bits per heavy atom. The third-order valence-electron chi connectivity index (χ3n) is 4.66. The van der Waals surface area contributed by atoms with Crippen LogP contribution in [-0.4, -0.2) is 11.1 Å². The fraction of sp³-hybridized carbons (Fsp3) is 0.500. The first-order valence-electron chi connectivity index (χ1n) is 7.83. The molecule has 1 unspecified atom stereocenters. The van der Waals surface area contributed by atoms with Crippen LogP contribution in [0.5, 0.6) is 0 Å². The van der Waals surface area contributed by atoms with Crippen molar-refractivity contribution >= 4 is 11.3 Å². The minimum atomic E-state index is -0.524. The third kappa shape index (κ3) is 3.28. The molecule has 0 amide bonds. The van der Waals surface area contributed by atoms with Crippen molar-refractivity contribution in [3.8, 4) is 6.07 Å². The Bertz CT molecular complexity index is 559. The highest BCUT2D eigenvalue weighted by Crippen LogP contribution is 2.35. The Labute approximate surface area is 131 Å². The van der Waals surface area contributed by atoms with Gasteiger partial charge in [0, 0.05) is 23.3 Å². The van der Waals surface area contributed by atoms with Crippen LogP contribution in [0.4, 0.5) is 0 Å². The van der Waals surface area contributed by atoms with E-state index in [-0.39, 0.29) is 5.54 Å². The number of nitrogens with zero attached hydrogens (tertiary/aromatic N) is 1. The maximum absolute atomic E-state index is 9.72. The zero-order valence-electron chi connectivity index (χ0n) is 12.3. The summed E-state index contributed by atoms with van der Waals surface area (Å²) in [6.07, 6.45) is 16.2. The summed E-state index contributed by atoms with van der Waals surface area (Å²) >= 11 is 1.83. The molecule has 3 rings (SSSR count). The molecule has 110 valence electrons. The predicted octanol–water partition coefficient (Wildman–Crippen LogP) is 4.36. The fourth-order valence-corrected chi connectivity index (χ4v) is 4.47. The third-order valence-corrected chi connectivity index (χ3v) is 5.54. The molecule has 1 aromatic rings. The van der Waals surface area contributed by atoms with Gasteiger partial charge in [0.2, 0.25) is 0 Å². The van der Waals surface area contributed by atoms with Gasteiger partial charge in [-0.3, -0.25) is 5.32 Å². The van der Waals surface area contributed by atoms with Crippen LogP contribution in [0.25, 0.3) is 0 Å². The maximum Gasteiger partial charge on any atom is 0.129 e. The van der Waals surface area contributed by atoms with Gasteiger partial charge in [0.25, 0.3) is 0 Å². The highest BCUT2D eigenvalue weighted by atomic mass is 32.1. The smallest absolute Gasteiger partial charge is 0.129 e. The van der Waals surface area contributed by atoms with Gasteiger partial charge in [0.15, 0.2) is 0 Å². The van der Waals surface area contributed by atoms with Crippen molar-refractivity contribution in [1.29, 1.82) is 5.26 Å². The monoisotopic (exact) mass is 298 g/mol. The molecule has 2 nitrogen and oxygen atoms in total. The quantitative estimate of drug-likeness (QED) is 0.896. The Morgan fingerprint density at radius 3 is 2.71 bits per heavy atom. The molecule has 0 bridgehead atoms. The normalized spacial score (nSPS) is 27.4. The van der Waals surface area contributed by atoms with Gasteiger partial charge < -0.3 is 0 Å². The summed E-state index contributed by atoms with van der Waals surface area (Å²) in [4.78, 5) is 1.42. The van der Waals surface area contributed by atoms with E-state index >= 15 is 0 Å². The van der Waals surface area contributed by atoms with E-state index in [2.05, 4.69) is 35.0 Å². The van der Waals surface area contributed by atoms with Gasteiger partial charge in [-0.15, -0.1) is 11.3 Å². The van der Waals surface area contributed by atoms with Crippen molar-refractivity contribution < 1.29 is 0 Å². The number of nitrogens with one attached hydrogen (secondary N) is 1. The Morgan fingerprint density at radius 1 is 1.24 bits per heavy atom. The zero-order chi connectivity index (χ0) is 14.6. The first-order chi connectivity index (χ1) is 10.3. The van der Waals surface area contributed by atoms with Crippen molar-refractivity contribution in [1.82, 2.24) is 5.32 Å². The van der Waals surface area contributed by atoms with E-state index in [9.17, 15) is 5.26 Å². The SMILES string of the molecule is N#CC1(NC2(Cc3cccs3)CCCCC2)C=CC=CC1. The lowest BCUT2D eigenvalue weighted by atomic mass is 9.76. The number of hydrogen-bond donors (Lipinski definition) is 1. The fourth-order valence-electron chi connectivity index (χ4n) is 3.62. The molecule has 1 atom stereocenters. The number of allylic oxidation sites excluding steroid dienone is 2. The van der Waals surface area contributed by atoms with Crippen molar-refractivity contribution in [2.24, 2.45) is 0 Å². The van der Waals surface area contributed by atoms with Gasteiger partial charge in [0.1, 0.15) is 5.54 Å². The summed E-state index contributed by atoms with van der Waals surface area (Å²) < 4.78 is 0. The van der Waals surface area contributed by atoms with Crippen LogP contribution in [0.3, 0.4) is 0 Å². The molecule has 0 aromatic carbocycles. The number of nitriles is 1. The van der Waals surface area contributed by atoms with Crippen LogP contribution in [0.2, 0.25) is 0 Å². The molecular weight excluding hydrogens is 276 g/mol. The zero-order valence-corrected chi connectivity index (χ0v) is 13.2. The Hall–Kier alpha value is -1.37. The average Bonchev–Trinajstić information content (AvgIpc) is 3.01. The molecular formula is C18H22N2S. The lowest BCUT2D eigenvalue weighted by Crippen LogP contribution is -2.58. The van der Waals surface area contributed by atoms with E-state index < -0.39 is 5.54 Å². The lowest BCUT2D eigenvalue weighted by Gasteiger charge is -2.43. The van der Waals surface area contributed by atoms with Crippen LogP contribution in [0, 0.1) is 11.3 Å². The van der Waals surface area contributed by atoms with Gasteiger partial charge in [-0.25, -0.2) is 0 Å². The second kappa shape index (κ2) is 6.17. The summed E-state index contributed by atoms with van der Waals surface area (Å²) in [5.74, 6) is 0. The van der Waals surface area contributed by atoms with Gasteiger partial charge in [-0.2, -0.15) is 5.26 Å². The van der Waals surface area contributed by atoms with Crippen molar-refractivity contribution in [3.05, 3.63) is 46.7 Å². The number of thiophene rings is 1. The van der Waals surface area contributed by atoms with E-state index in [0.717, 1.165) is 12.8 Å². The first-order valence-corrected chi connectivity index (χ1v) is 8.71. The minimum Gasteiger partial charge on any atom is -0.290 e. The maximum atomic E-state index is 9.72. The predicted molar refractivity (Wildman–Crippen MR) is 88.2 cm³/mol. The Kier molecular flexibility index (Phi) is 4.28. The van der Waals surface area contributed by atoms with E-state index in [0.29, 0.717) is 0 Å². The number of rotatable bonds is 4. The van der Waals surface area contributed by atoms with Crippen LogP contribution in [0.15, 0.2) is 41.8 Å². The van der Waals surface area contributed by atoms with E-state index in [4.69, 9.17) is 0 Å². The Balaban J connectivity index is 1.83. The first kappa shape index (κ1) is 14.6. The van der Waals surface area contributed by atoms with Crippen LogP contribution in [-0.2, 0) is 6.42 Å². The highest BCUT2D eigenvalue weighted by molar-refractivity contribution is 7.09.